The van der Waals surface area contributed by atoms with Gasteiger partial charge in [0.15, 0.2) is 15.6 Å². The van der Waals surface area contributed by atoms with Crippen LogP contribution in [0.3, 0.4) is 0 Å². The fourth-order valence-corrected chi connectivity index (χ4v) is 3.57. The molecule has 3 rings (SSSR count). The smallest absolute Gasteiger partial charge is 0.242 e. The average molecular weight is 298 g/mol. The normalized spacial score (nSPS) is 19.5. The van der Waals surface area contributed by atoms with Gasteiger partial charge >= 0.3 is 0 Å². The number of aromatic nitrogens is 2. The molecular formula is C12H14N2O5S. The van der Waals surface area contributed by atoms with E-state index >= 15 is 0 Å². The molecule has 0 aliphatic carbocycles. The number of hydrogen-bond donors (Lipinski definition) is 0. The van der Waals surface area contributed by atoms with Crippen LogP contribution in [0.2, 0.25) is 0 Å². The summed E-state index contributed by atoms with van der Waals surface area (Å²) in [7, 11) is -3.33. The number of furan rings is 1. The molecule has 0 bridgehead atoms. The second-order valence-corrected chi connectivity index (χ2v) is 6.79. The van der Waals surface area contributed by atoms with Crippen LogP contribution in [0.4, 0.5) is 0 Å². The molecule has 1 atom stereocenters. The van der Waals surface area contributed by atoms with Gasteiger partial charge < -0.3 is 13.7 Å². The van der Waals surface area contributed by atoms with E-state index in [9.17, 15) is 8.42 Å². The maximum atomic E-state index is 12.0. The minimum atomic E-state index is -3.33. The molecule has 0 aromatic carbocycles. The van der Waals surface area contributed by atoms with Gasteiger partial charge in [0.05, 0.1) is 18.1 Å². The van der Waals surface area contributed by atoms with Crippen LogP contribution in [0.15, 0.2) is 27.3 Å². The summed E-state index contributed by atoms with van der Waals surface area (Å²) < 4.78 is 39.4. The predicted octanol–water partition coefficient (Wildman–Crippen LogP) is 1.42. The van der Waals surface area contributed by atoms with Crippen LogP contribution >= 0.6 is 0 Å². The Morgan fingerprint density at radius 3 is 3.00 bits per heavy atom. The summed E-state index contributed by atoms with van der Waals surface area (Å²) in [5.74, 6) is 0.467. The fraction of sp³-hybridized carbons (Fsp3) is 0.500. The van der Waals surface area contributed by atoms with Crippen LogP contribution < -0.4 is 0 Å². The zero-order valence-corrected chi connectivity index (χ0v) is 11.5. The SMILES string of the molecule is O=S(=O)(Cc1nc(-c2ccco2)no1)CC1CCCO1. The third-order valence-electron chi connectivity index (χ3n) is 3.02. The van der Waals surface area contributed by atoms with Crippen molar-refractivity contribution in [3.63, 3.8) is 0 Å². The van der Waals surface area contributed by atoms with Crippen LogP contribution in [0.1, 0.15) is 18.7 Å². The first-order valence-electron chi connectivity index (χ1n) is 6.31. The molecule has 2 aromatic rings. The van der Waals surface area contributed by atoms with Gasteiger partial charge in [-0.05, 0) is 25.0 Å². The Morgan fingerprint density at radius 1 is 1.40 bits per heavy atom. The number of ether oxygens (including phenoxy) is 1. The van der Waals surface area contributed by atoms with Gasteiger partial charge in [-0.2, -0.15) is 4.98 Å². The Bertz CT molecular complexity index is 656. The van der Waals surface area contributed by atoms with Crippen LogP contribution in [0.25, 0.3) is 11.6 Å². The second-order valence-electron chi connectivity index (χ2n) is 4.68. The van der Waals surface area contributed by atoms with Crippen molar-refractivity contribution in [3.8, 4) is 11.6 Å². The molecule has 8 heteroatoms. The van der Waals surface area contributed by atoms with Crippen molar-refractivity contribution in [1.82, 2.24) is 10.1 Å². The first-order chi connectivity index (χ1) is 9.62. The van der Waals surface area contributed by atoms with Gasteiger partial charge in [-0.3, -0.25) is 0 Å². The molecule has 0 N–H and O–H groups in total. The molecule has 2 aromatic heterocycles. The zero-order chi connectivity index (χ0) is 14.0. The summed E-state index contributed by atoms with van der Waals surface area (Å²) in [5, 5.41) is 3.70. The Morgan fingerprint density at radius 2 is 2.30 bits per heavy atom. The predicted molar refractivity (Wildman–Crippen MR) is 68.5 cm³/mol. The topological polar surface area (TPSA) is 95.4 Å². The van der Waals surface area contributed by atoms with Gasteiger partial charge in [-0.15, -0.1) is 0 Å². The van der Waals surface area contributed by atoms with E-state index in [1.165, 1.54) is 6.26 Å². The fourth-order valence-electron chi connectivity index (χ4n) is 2.13. The minimum Gasteiger partial charge on any atom is -0.461 e. The summed E-state index contributed by atoms with van der Waals surface area (Å²) >= 11 is 0. The van der Waals surface area contributed by atoms with Crippen molar-refractivity contribution in [1.29, 1.82) is 0 Å². The summed E-state index contributed by atoms with van der Waals surface area (Å²) in [5.41, 5.74) is 0. The Kier molecular flexibility index (Phi) is 3.58. The molecule has 0 amide bonds. The molecule has 108 valence electrons. The molecule has 20 heavy (non-hydrogen) atoms. The van der Waals surface area contributed by atoms with E-state index in [1.807, 2.05) is 0 Å². The lowest BCUT2D eigenvalue weighted by Gasteiger charge is -2.08. The van der Waals surface area contributed by atoms with Gasteiger partial charge in [-0.25, -0.2) is 8.42 Å². The van der Waals surface area contributed by atoms with E-state index in [1.54, 1.807) is 12.1 Å². The zero-order valence-electron chi connectivity index (χ0n) is 10.7. The first kappa shape index (κ1) is 13.3. The molecule has 1 unspecified atom stereocenters. The third-order valence-corrected chi connectivity index (χ3v) is 4.58. The van der Waals surface area contributed by atoms with E-state index in [0.29, 0.717) is 12.4 Å². The van der Waals surface area contributed by atoms with Crippen molar-refractivity contribution < 1.29 is 22.1 Å². The van der Waals surface area contributed by atoms with Crippen LogP contribution in [0.5, 0.6) is 0 Å². The van der Waals surface area contributed by atoms with Crippen molar-refractivity contribution in [2.24, 2.45) is 0 Å². The average Bonchev–Trinajstić information content (AvgIpc) is 3.07. The summed E-state index contributed by atoms with van der Waals surface area (Å²) in [4.78, 5) is 4.02. The Hall–Kier alpha value is -1.67. The van der Waals surface area contributed by atoms with Crippen molar-refractivity contribution in [3.05, 3.63) is 24.3 Å². The quantitative estimate of drug-likeness (QED) is 0.823. The first-order valence-corrected chi connectivity index (χ1v) is 8.13. The van der Waals surface area contributed by atoms with Crippen molar-refractivity contribution >= 4 is 9.84 Å². The molecule has 1 aliphatic heterocycles. The summed E-state index contributed by atoms with van der Waals surface area (Å²) in [6.45, 7) is 0.628. The highest BCUT2D eigenvalue weighted by atomic mass is 32.2. The van der Waals surface area contributed by atoms with Gasteiger partial charge in [0, 0.05) is 6.61 Å². The molecule has 1 aliphatic rings. The number of rotatable bonds is 5. The molecular weight excluding hydrogens is 284 g/mol. The van der Waals surface area contributed by atoms with Crippen molar-refractivity contribution in [2.45, 2.75) is 24.7 Å². The van der Waals surface area contributed by atoms with Crippen LogP contribution in [-0.4, -0.2) is 37.0 Å². The molecule has 0 spiro atoms. The molecule has 7 nitrogen and oxygen atoms in total. The van der Waals surface area contributed by atoms with E-state index in [-0.39, 0.29) is 29.3 Å². The Labute approximate surface area is 115 Å². The van der Waals surface area contributed by atoms with Gasteiger partial charge in [0.2, 0.25) is 11.7 Å². The van der Waals surface area contributed by atoms with Crippen LogP contribution in [0, 0.1) is 0 Å². The summed E-state index contributed by atoms with van der Waals surface area (Å²) in [6, 6.07) is 3.37. The molecule has 1 fully saturated rings. The largest absolute Gasteiger partial charge is 0.461 e. The van der Waals surface area contributed by atoms with Gasteiger partial charge in [-0.1, -0.05) is 5.16 Å². The minimum absolute atomic E-state index is 0.00847. The number of nitrogens with zero attached hydrogens (tertiary/aromatic N) is 2. The molecule has 1 saturated heterocycles. The number of sulfone groups is 1. The second kappa shape index (κ2) is 5.37. The van der Waals surface area contributed by atoms with E-state index < -0.39 is 9.84 Å². The van der Waals surface area contributed by atoms with E-state index in [2.05, 4.69) is 10.1 Å². The highest BCUT2D eigenvalue weighted by Crippen LogP contribution is 2.19. The standard InChI is InChI=1S/C12H14N2O5S/c15-20(16,7-9-3-1-5-17-9)8-11-13-12(14-19-11)10-4-2-6-18-10/h2,4,6,9H,1,3,5,7-8H2. The lowest BCUT2D eigenvalue weighted by Crippen LogP contribution is -2.21. The monoisotopic (exact) mass is 298 g/mol. The third kappa shape index (κ3) is 3.07. The Balaban J connectivity index is 1.68. The molecule has 0 saturated carbocycles. The summed E-state index contributed by atoms with van der Waals surface area (Å²) in [6.07, 6.45) is 2.95. The van der Waals surface area contributed by atoms with Gasteiger partial charge in [0.1, 0.15) is 5.75 Å². The lowest BCUT2D eigenvalue weighted by atomic mass is 10.3. The van der Waals surface area contributed by atoms with Crippen LogP contribution in [-0.2, 0) is 20.3 Å². The maximum Gasteiger partial charge on any atom is 0.242 e. The highest BCUT2D eigenvalue weighted by molar-refractivity contribution is 7.90. The highest BCUT2D eigenvalue weighted by Gasteiger charge is 2.25. The lowest BCUT2D eigenvalue weighted by molar-refractivity contribution is 0.127. The molecule has 3 heterocycles. The molecule has 0 radical (unpaired) electrons. The maximum absolute atomic E-state index is 12.0. The number of hydrogen-bond acceptors (Lipinski definition) is 7. The van der Waals surface area contributed by atoms with E-state index in [4.69, 9.17) is 13.7 Å². The van der Waals surface area contributed by atoms with Gasteiger partial charge in [0.25, 0.3) is 0 Å². The van der Waals surface area contributed by atoms with Crippen molar-refractivity contribution in [2.75, 3.05) is 12.4 Å². The van der Waals surface area contributed by atoms with E-state index in [0.717, 1.165) is 12.8 Å².